The molecule has 7 nitrogen and oxygen atoms in total. The van der Waals surface area contributed by atoms with Crippen LogP contribution in [-0.2, 0) is 20.9 Å². The van der Waals surface area contributed by atoms with E-state index >= 15 is 0 Å². The number of carboxylic acid groups (broad SMARTS) is 1. The quantitative estimate of drug-likeness (QED) is 0.775. The van der Waals surface area contributed by atoms with Gasteiger partial charge in [-0.05, 0) is 11.6 Å². The van der Waals surface area contributed by atoms with E-state index in [4.69, 9.17) is 9.84 Å². The molecule has 7 heteroatoms. The van der Waals surface area contributed by atoms with E-state index in [9.17, 15) is 9.59 Å². The van der Waals surface area contributed by atoms with E-state index in [-0.39, 0.29) is 12.3 Å². The first-order chi connectivity index (χ1) is 10.6. The molecule has 22 heavy (non-hydrogen) atoms. The van der Waals surface area contributed by atoms with Gasteiger partial charge in [0.25, 0.3) is 0 Å². The van der Waals surface area contributed by atoms with Gasteiger partial charge in [-0.2, -0.15) is 0 Å². The van der Waals surface area contributed by atoms with Crippen LogP contribution in [0.25, 0.3) is 0 Å². The summed E-state index contributed by atoms with van der Waals surface area (Å²) in [7, 11) is 1.58. The number of nitrogens with zero attached hydrogens (tertiary/aromatic N) is 3. The van der Waals surface area contributed by atoms with Crippen molar-refractivity contribution in [3.8, 4) is 0 Å². The second-order valence-corrected chi connectivity index (χ2v) is 5.26. The van der Waals surface area contributed by atoms with E-state index in [1.165, 1.54) is 0 Å². The van der Waals surface area contributed by atoms with Gasteiger partial charge in [-0.25, -0.2) is 0 Å². The highest BCUT2D eigenvalue weighted by Gasteiger charge is 2.35. The number of aliphatic carboxylic acids is 1. The fourth-order valence-electron chi connectivity index (χ4n) is 2.60. The highest BCUT2D eigenvalue weighted by molar-refractivity contribution is 5.86. The molecule has 1 aliphatic heterocycles. The zero-order chi connectivity index (χ0) is 15.9. The predicted molar refractivity (Wildman–Crippen MR) is 79.1 cm³/mol. The van der Waals surface area contributed by atoms with Crippen molar-refractivity contribution in [2.75, 3.05) is 33.4 Å². The Hall–Kier alpha value is -1.99. The predicted octanol–water partition coefficient (Wildman–Crippen LogP) is 0.215. The molecule has 0 aromatic carbocycles. The van der Waals surface area contributed by atoms with Crippen molar-refractivity contribution in [3.63, 3.8) is 0 Å². The zero-order valence-electron chi connectivity index (χ0n) is 12.6. The minimum Gasteiger partial charge on any atom is -0.481 e. The van der Waals surface area contributed by atoms with E-state index in [1.54, 1.807) is 24.4 Å². The Morgan fingerprint density at radius 3 is 2.95 bits per heavy atom. The number of hydrogen-bond acceptors (Lipinski definition) is 5. The van der Waals surface area contributed by atoms with Crippen molar-refractivity contribution in [1.82, 2.24) is 14.8 Å². The third kappa shape index (κ3) is 4.25. The normalized spacial score (nSPS) is 19.4. The molecular weight excluding hydrogens is 286 g/mol. The average Bonchev–Trinajstić information content (AvgIpc) is 2.51. The number of carbonyl (C=O) groups excluding carboxylic acids is 1. The zero-order valence-corrected chi connectivity index (χ0v) is 12.6. The SMILES string of the molecule is COCCN1CCN(Cc2cccnc2)C(CC(=O)O)C1=O. The first-order valence-corrected chi connectivity index (χ1v) is 7.24. The van der Waals surface area contributed by atoms with E-state index in [0.29, 0.717) is 32.8 Å². The van der Waals surface area contributed by atoms with Crippen molar-refractivity contribution < 1.29 is 19.4 Å². The molecular formula is C15H21N3O4. The number of ether oxygens (including phenoxy) is 1. The molecule has 1 unspecified atom stereocenters. The smallest absolute Gasteiger partial charge is 0.305 e. The Morgan fingerprint density at radius 2 is 2.32 bits per heavy atom. The van der Waals surface area contributed by atoms with Gasteiger partial charge in [-0.15, -0.1) is 0 Å². The second-order valence-electron chi connectivity index (χ2n) is 5.26. The molecule has 1 aromatic heterocycles. The van der Waals surface area contributed by atoms with Crippen molar-refractivity contribution in [2.45, 2.75) is 19.0 Å². The summed E-state index contributed by atoms with van der Waals surface area (Å²) in [6.45, 7) is 2.69. The lowest BCUT2D eigenvalue weighted by molar-refractivity contribution is -0.150. The average molecular weight is 307 g/mol. The maximum atomic E-state index is 12.5. The van der Waals surface area contributed by atoms with Crippen LogP contribution in [0, 0.1) is 0 Å². The lowest BCUT2D eigenvalue weighted by Crippen LogP contribution is -2.57. The molecule has 2 heterocycles. The standard InChI is InChI=1S/C15H21N3O4/c1-22-8-7-17-5-6-18(11-12-3-2-4-16-10-12)13(15(17)21)9-14(19)20/h2-4,10,13H,5-9,11H2,1H3,(H,19,20). The minimum absolute atomic E-state index is 0.144. The van der Waals surface area contributed by atoms with Crippen molar-refractivity contribution in [3.05, 3.63) is 30.1 Å². The molecule has 1 atom stereocenters. The maximum Gasteiger partial charge on any atom is 0.305 e. The topological polar surface area (TPSA) is 83.0 Å². The first kappa shape index (κ1) is 16.4. The molecule has 1 fully saturated rings. The third-order valence-electron chi connectivity index (χ3n) is 3.74. The number of aromatic nitrogens is 1. The molecule has 0 saturated carbocycles. The molecule has 1 N–H and O–H groups in total. The molecule has 0 spiro atoms. The lowest BCUT2D eigenvalue weighted by atomic mass is 10.1. The van der Waals surface area contributed by atoms with Crippen LogP contribution in [0.3, 0.4) is 0 Å². The molecule has 0 aliphatic carbocycles. The van der Waals surface area contributed by atoms with E-state index in [2.05, 4.69) is 4.98 Å². The van der Waals surface area contributed by atoms with Gasteiger partial charge < -0.3 is 14.7 Å². The van der Waals surface area contributed by atoms with Crippen LogP contribution in [0.1, 0.15) is 12.0 Å². The second kappa shape index (κ2) is 7.86. The fourth-order valence-corrected chi connectivity index (χ4v) is 2.60. The molecule has 2 rings (SSSR count). The number of pyridine rings is 1. The number of methoxy groups -OCH3 is 1. The van der Waals surface area contributed by atoms with Gasteiger partial charge in [0.15, 0.2) is 0 Å². The summed E-state index contributed by atoms with van der Waals surface area (Å²) in [5, 5.41) is 9.10. The van der Waals surface area contributed by atoms with Gasteiger partial charge in [0, 0.05) is 45.7 Å². The Morgan fingerprint density at radius 1 is 1.50 bits per heavy atom. The Labute approximate surface area is 129 Å². The summed E-state index contributed by atoms with van der Waals surface area (Å²) in [6, 6.07) is 3.12. The Bertz CT molecular complexity index is 509. The van der Waals surface area contributed by atoms with E-state index in [1.807, 2.05) is 17.0 Å². The van der Waals surface area contributed by atoms with Crippen LogP contribution in [0.2, 0.25) is 0 Å². The monoisotopic (exact) mass is 307 g/mol. The van der Waals surface area contributed by atoms with Gasteiger partial charge in [0.2, 0.25) is 5.91 Å². The summed E-state index contributed by atoms with van der Waals surface area (Å²) in [6.07, 6.45) is 3.23. The Balaban J connectivity index is 2.08. The summed E-state index contributed by atoms with van der Waals surface area (Å²) in [5.74, 6) is -1.11. The summed E-state index contributed by atoms with van der Waals surface area (Å²) in [5.41, 5.74) is 0.969. The van der Waals surface area contributed by atoms with Gasteiger partial charge in [0.1, 0.15) is 6.04 Å². The van der Waals surface area contributed by atoms with Crippen LogP contribution in [-0.4, -0.2) is 71.2 Å². The number of carboxylic acids is 1. The number of rotatable bonds is 7. The minimum atomic E-state index is -0.969. The summed E-state index contributed by atoms with van der Waals surface area (Å²) >= 11 is 0. The van der Waals surface area contributed by atoms with Gasteiger partial charge in [-0.3, -0.25) is 19.5 Å². The molecule has 1 aliphatic rings. The molecule has 1 amide bonds. The molecule has 0 radical (unpaired) electrons. The van der Waals surface area contributed by atoms with Gasteiger partial charge in [0.05, 0.1) is 13.0 Å². The van der Waals surface area contributed by atoms with Crippen LogP contribution < -0.4 is 0 Å². The van der Waals surface area contributed by atoms with Crippen LogP contribution >= 0.6 is 0 Å². The number of hydrogen-bond donors (Lipinski definition) is 1. The lowest BCUT2D eigenvalue weighted by Gasteiger charge is -2.40. The van der Waals surface area contributed by atoms with Gasteiger partial charge >= 0.3 is 5.97 Å². The number of amides is 1. The van der Waals surface area contributed by atoms with Gasteiger partial charge in [-0.1, -0.05) is 6.07 Å². The molecule has 1 aromatic rings. The van der Waals surface area contributed by atoms with Crippen LogP contribution in [0.4, 0.5) is 0 Å². The maximum absolute atomic E-state index is 12.5. The molecule has 120 valence electrons. The van der Waals surface area contributed by atoms with Crippen LogP contribution in [0.5, 0.6) is 0 Å². The highest BCUT2D eigenvalue weighted by Crippen LogP contribution is 2.17. The van der Waals surface area contributed by atoms with E-state index in [0.717, 1.165) is 5.56 Å². The summed E-state index contributed by atoms with van der Waals surface area (Å²) in [4.78, 5) is 31.3. The third-order valence-corrected chi connectivity index (χ3v) is 3.74. The first-order valence-electron chi connectivity index (χ1n) is 7.24. The highest BCUT2D eigenvalue weighted by atomic mass is 16.5. The fraction of sp³-hybridized carbons (Fsp3) is 0.533. The molecule has 0 bridgehead atoms. The van der Waals surface area contributed by atoms with Crippen molar-refractivity contribution in [1.29, 1.82) is 0 Å². The summed E-state index contributed by atoms with van der Waals surface area (Å²) < 4.78 is 5.00. The van der Waals surface area contributed by atoms with Crippen molar-refractivity contribution >= 4 is 11.9 Å². The Kier molecular flexibility index (Phi) is 5.85. The number of piperazine rings is 1. The molecule has 1 saturated heterocycles. The van der Waals surface area contributed by atoms with Crippen molar-refractivity contribution in [2.24, 2.45) is 0 Å². The number of carbonyl (C=O) groups is 2. The van der Waals surface area contributed by atoms with Crippen LogP contribution in [0.15, 0.2) is 24.5 Å². The largest absolute Gasteiger partial charge is 0.481 e. The van der Waals surface area contributed by atoms with E-state index < -0.39 is 12.0 Å².